The van der Waals surface area contributed by atoms with E-state index in [4.69, 9.17) is 15.3 Å². The minimum absolute atomic E-state index is 0.331. The van der Waals surface area contributed by atoms with Crippen molar-refractivity contribution in [2.24, 2.45) is 0 Å². The van der Waals surface area contributed by atoms with Crippen molar-refractivity contribution in [3.8, 4) is 0 Å². The average molecular weight is 238 g/mol. The molecule has 0 aromatic heterocycles. The maximum Gasteiger partial charge on any atom is 0.335 e. The molecule has 1 aromatic rings. The van der Waals surface area contributed by atoms with Crippen LogP contribution in [0.4, 0.5) is 0 Å². The van der Waals surface area contributed by atoms with Crippen LogP contribution in [0.25, 0.3) is 0 Å². The fraction of sp³-hybridized carbons (Fsp3) is 0. The number of rotatable bonds is 3. The van der Waals surface area contributed by atoms with Gasteiger partial charge in [-0.05, 0) is 12.1 Å². The van der Waals surface area contributed by atoms with E-state index in [1.165, 1.54) is 0 Å². The topological polar surface area (TPSA) is 112 Å². The predicted molar refractivity (Wildman–Crippen MR) is 57.8 cm³/mol. The molecule has 6 heteroatoms. The first kappa shape index (κ1) is 14.4. The normalized spacial score (nSPS) is 9.18. The molecule has 1 rings (SSSR count). The van der Waals surface area contributed by atoms with Gasteiger partial charge in [-0.1, -0.05) is 18.2 Å². The van der Waals surface area contributed by atoms with Crippen LogP contribution in [-0.4, -0.2) is 33.2 Å². The molecule has 0 saturated carbocycles. The first-order valence-corrected chi connectivity index (χ1v) is 4.35. The van der Waals surface area contributed by atoms with Crippen LogP contribution in [0.2, 0.25) is 0 Å². The lowest BCUT2D eigenvalue weighted by atomic mass is 10.2. The standard InChI is InChI=1S/C7H6O2.C4H4O4/c8-7(9)6-4-2-1-3-5-6;5-3(6)1-2-4(7)8/h1-5H,(H,8,9);1-2H,(H,5,6)(H,7,8)/b;2-1-. The summed E-state index contributed by atoms with van der Waals surface area (Å²) in [5.74, 6) is -3.39. The van der Waals surface area contributed by atoms with Crippen molar-refractivity contribution in [2.45, 2.75) is 0 Å². The molecule has 0 heterocycles. The number of carboxylic acid groups (broad SMARTS) is 3. The molecule has 0 fully saturated rings. The average Bonchev–Trinajstić information content (AvgIpc) is 2.28. The second-order valence-electron chi connectivity index (χ2n) is 2.68. The Morgan fingerprint density at radius 3 is 1.47 bits per heavy atom. The number of carboxylic acids is 3. The first-order valence-electron chi connectivity index (χ1n) is 4.35. The summed E-state index contributed by atoms with van der Waals surface area (Å²) < 4.78 is 0. The maximum absolute atomic E-state index is 10.2. The van der Waals surface area contributed by atoms with Gasteiger partial charge in [0.25, 0.3) is 0 Å². The van der Waals surface area contributed by atoms with E-state index >= 15 is 0 Å². The number of hydrogen-bond acceptors (Lipinski definition) is 3. The van der Waals surface area contributed by atoms with E-state index in [-0.39, 0.29) is 0 Å². The van der Waals surface area contributed by atoms with Gasteiger partial charge in [-0.15, -0.1) is 0 Å². The summed E-state index contributed by atoms with van der Waals surface area (Å²) in [7, 11) is 0. The number of aliphatic carboxylic acids is 2. The predicted octanol–water partition coefficient (Wildman–Crippen LogP) is 1.10. The van der Waals surface area contributed by atoms with Gasteiger partial charge >= 0.3 is 17.9 Å². The van der Waals surface area contributed by atoms with Gasteiger partial charge in [-0.25, -0.2) is 14.4 Å². The summed E-state index contributed by atoms with van der Waals surface area (Å²) >= 11 is 0. The molecule has 0 amide bonds. The molecule has 1 aromatic carbocycles. The van der Waals surface area contributed by atoms with E-state index in [2.05, 4.69) is 0 Å². The Morgan fingerprint density at radius 1 is 0.824 bits per heavy atom. The highest BCUT2D eigenvalue weighted by atomic mass is 16.4. The minimum atomic E-state index is -1.26. The van der Waals surface area contributed by atoms with Crippen LogP contribution in [-0.2, 0) is 9.59 Å². The molecule has 17 heavy (non-hydrogen) atoms. The van der Waals surface area contributed by atoms with Gasteiger partial charge in [0.1, 0.15) is 0 Å². The lowest BCUT2D eigenvalue weighted by molar-refractivity contribution is -0.134. The van der Waals surface area contributed by atoms with Gasteiger partial charge in [0.2, 0.25) is 0 Å². The molecule has 3 N–H and O–H groups in total. The van der Waals surface area contributed by atoms with Gasteiger partial charge in [-0.3, -0.25) is 0 Å². The third-order valence-corrected chi connectivity index (χ3v) is 1.39. The quantitative estimate of drug-likeness (QED) is 0.679. The van der Waals surface area contributed by atoms with Gasteiger partial charge in [-0.2, -0.15) is 0 Å². The fourth-order valence-corrected chi connectivity index (χ4v) is 0.723. The van der Waals surface area contributed by atoms with E-state index in [1.807, 2.05) is 0 Å². The monoisotopic (exact) mass is 238 g/mol. The molecule has 90 valence electrons. The molecule has 0 spiro atoms. The Morgan fingerprint density at radius 2 is 1.24 bits per heavy atom. The van der Waals surface area contributed by atoms with Crippen LogP contribution in [0, 0.1) is 0 Å². The smallest absolute Gasteiger partial charge is 0.335 e. The van der Waals surface area contributed by atoms with Crippen molar-refractivity contribution in [1.82, 2.24) is 0 Å². The van der Waals surface area contributed by atoms with Crippen LogP contribution in [0.5, 0.6) is 0 Å². The summed E-state index contributed by atoms with van der Waals surface area (Å²) in [6.07, 6.45) is 1.12. The number of benzene rings is 1. The van der Waals surface area contributed by atoms with E-state index in [1.54, 1.807) is 30.3 Å². The minimum Gasteiger partial charge on any atom is -0.478 e. The van der Waals surface area contributed by atoms with E-state index in [0.29, 0.717) is 17.7 Å². The molecule has 6 nitrogen and oxygen atoms in total. The second kappa shape index (κ2) is 7.63. The SMILES string of the molecule is O=C(O)/C=C\C(=O)O.O=C(O)c1ccccc1. The molecule has 0 unspecified atom stereocenters. The van der Waals surface area contributed by atoms with Crippen molar-refractivity contribution in [1.29, 1.82) is 0 Å². The van der Waals surface area contributed by atoms with Gasteiger partial charge < -0.3 is 15.3 Å². The Hall–Kier alpha value is -2.63. The summed E-state index contributed by atoms with van der Waals surface area (Å²) in [5.41, 5.74) is 0.331. The zero-order valence-corrected chi connectivity index (χ0v) is 8.61. The number of carbonyl (C=O) groups is 3. The summed E-state index contributed by atoms with van der Waals surface area (Å²) in [6.45, 7) is 0. The van der Waals surface area contributed by atoms with Crippen molar-refractivity contribution in [3.05, 3.63) is 48.0 Å². The van der Waals surface area contributed by atoms with E-state index in [9.17, 15) is 14.4 Å². The maximum atomic E-state index is 10.2. The molecule has 0 aliphatic heterocycles. The highest BCUT2D eigenvalue weighted by molar-refractivity contribution is 5.89. The van der Waals surface area contributed by atoms with Crippen molar-refractivity contribution in [3.63, 3.8) is 0 Å². The van der Waals surface area contributed by atoms with Crippen LogP contribution in [0.15, 0.2) is 42.5 Å². The Kier molecular flexibility index (Phi) is 6.45. The summed E-state index contributed by atoms with van der Waals surface area (Å²) in [6, 6.07) is 8.30. The lowest BCUT2D eigenvalue weighted by Gasteiger charge is -1.88. The summed E-state index contributed by atoms with van der Waals surface area (Å²) in [4.78, 5) is 29.3. The largest absolute Gasteiger partial charge is 0.478 e. The van der Waals surface area contributed by atoms with Crippen LogP contribution in [0.1, 0.15) is 10.4 Å². The Labute approximate surface area is 96.4 Å². The third-order valence-electron chi connectivity index (χ3n) is 1.39. The Balaban J connectivity index is 0.000000304. The van der Waals surface area contributed by atoms with E-state index < -0.39 is 17.9 Å². The van der Waals surface area contributed by atoms with Crippen molar-refractivity contribution >= 4 is 17.9 Å². The van der Waals surface area contributed by atoms with Gasteiger partial charge in [0, 0.05) is 12.2 Å². The molecule has 0 bridgehead atoms. The first-order chi connectivity index (χ1) is 7.93. The number of hydrogen-bond donors (Lipinski definition) is 3. The highest BCUT2D eigenvalue weighted by Crippen LogP contribution is 1.96. The fourth-order valence-electron chi connectivity index (χ4n) is 0.723. The van der Waals surface area contributed by atoms with Crippen LogP contribution in [0.3, 0.4) is 0 Å². The highest BCUT2D eigenvalue weighted by Gasteiger charge is 1.96. The molecule has 0 saturated heterocycles. The zero-order valence-electron chi connectivity index (χ0n) is 8.61. The molecule has 0 radical (unpaired) electrons. The second-order valence-corrected chi connectivity index (χ2v) is 2.68. The lowest BCUT2D eigenvalue weighted by Crippen LogP contribution is -1.93. The molecular formula is C11H10O6. The van der Waals surface area contributed by atoms with Gasteiger partial charge in [0.05, 0.1) is 5.56 Å². The third kappa shape index (κ3) is 8.37. The van der Waals surface area contributed by atoms with E-state index in [0.717, 1.165) is 0 Å². The Bertz CT molecular complexity index is 405. The molecular weight excluding hydrogens is 228 g/mol. The zero-order chi connectivity index (χ0) is 13.3. The van der Waals surface area contributed by atoms with Crippen molar-refractivity contribution < 1.29 is 29.7 Å². The van der Waals surface area contributed by atoms with Crippen LogP contribution < -0.4 is 0 Å². The van der Waals surface area contributed by atoms with Crippen LogP contribution >= 0.6 is 0 Å². The molecule has 0 atom stereocenters. The number of aromatic carboxylic acids is 1. The molecule has 0 aliphatic carbocycles. The molecule has 0 aliphatic rings. The van der Waals surface area contributed by atoms with Gasteiger partial charge in [0.15, 0.2) is 0 Å². The summed E-state index contributed by atoms with van der Waals surface area (Å²) in [5, 5.41) is 24.0. The van der Waals surface area contributed by atoms with Crippen molar-refractivity contribution in [2.75, 3.05) is 0 Å².